The predicted molar refractivity (Wildman–Crippen MR) is 47.1 cm³/mol. The Balaban J connectivity index is 2.29. The maximum absolute atomic E-state index is 10.9. The van der Waals surface area contributed by atoms with Gasteiger partial charge in [-0.1, -0.05) is 0 Å². The van der Waals surface area contributed by atoms with Gasteiger partial charge in [0.05, 0.1) is 25.2 Å². The van der Waals surface area contributed by atoms with Gasteiger partial charge < -0.3 is 9.84 Å². The molecule has 0 unspecified atom stereocenters. The van der Waals surface area contributed by atoms with Crippen molar-refractivity contribution in [3.05, 3.63) is 18.1 Å². The highest BCUT2D eigenvalue weighted by atomic mass is 16.5. The molecule has 5 nitrogen and oxygen atoms in total. The number of carboxylic acids is 1. The van der Waals surface area contributed by atoms with Crippen LogP contribution in [0.5, 0.6) is 5.88 Å². The normalized spacial score (nSPS) is 17.5. The smallest absolute Gasteiger partial charge is 0.315 e. The number of nitrogens with zero attached hydrogens (tertiary/aromatic N) is 2. The fourth-order valence-corrected chi connectivity index (χ4v) is 1.37. The Morgan fingerprint density at radius 2 is 2.21 bits per heavy atom. The molecule has 1 aliphatic rings. The third-order valence-corrected chi connectivity index (χ3v) is 2.49. The minimum Gasteiger partial charge on any atom is -0.481 e. The van der Waals surface area contributed by atoms with E-state index in [-0.39, 0.29) is 0 Å². The maximum atomic E-state index is 10.9. The molecule has 1 aromatic heterocycles. The largest absolute Gasteiger partial charge is 0.481 e. The highest BCUT2D eigenvalue weighted by Crippen LogP contribution is 2.47. The standard InChI is InChI=1S/C9H10N2O3/c1-14-7-5-10-6(4-11-7)9(2-3-9)8(12)13/h4-5H,2-3H2,1H3,(H,12,13). The van der Waals surface area contributed by atoms with Gasteiger partial charge in [-0.2, -0.15) is 0 Å². The number of aromatic nitrogens is 2. The molecular formula is C9H10N2O3. The molecule has 0 saturated heterocycles. The van der Waals surface area contributed by atoms with Gasteiger partial charge in [0.1, 0.15) is 5.41 Å². The Hall–Kier alpha value is -1.65. The van der Waals surface area contributed by atoms with Crippen LogP contribution in [0.3, 0.4) is 0 Å². The van der Waals surface area contributed by atoms with E-state index in [1.54, 1.807) is 0 Å². The average molecular weight is 194 g/mol. The Kier molecular flexibility index (Phi) is 1.87. The molecule has 1 aliphatic carbocycles. The predicted octanol–water partition coefficient (Wildman–Crippen LogP) is 0.601. The first-order valence-electron chi connectivity index (χ1n) is 4.29. The molecule has 0 radical (unpaired) electrons. The zero-order valence-corrected chi connectivity index (χ0v) is 7.73. The highest BCUT2D eigenvalue weighted by molar-refractivity contribution is 5.84. The summed E-state index contributed by atoms with van der Waals surface area (Å²) in [6.45, 7) is 0. The lowest BCUT2D eigenvalue weighted by Gasteiger charge is -2.08. The number of hydrogen-bond acceptors (Lipinski definition) is 4. The van der Waals surface area contributed by atoms with Crippen LogP contribution in [0.25, 0.3) is 0 Å². The van der Waals surface area contributed by atoms with Gasteiger partial charge in [-0.3, -0.25) is 9.78 Å². The average Bonchev–Trinajstić information content (AvgIpc) is 2.99. The van der Waals surface area contributed by atoms with Crippen LogP contribution in [0.2, 0.25) is 0 Å². The number of rotatable bonds is 3. The molecular weight excluding hydrogens is 184 g/mol. The lowest BCUT2D eigenvalue weighted by atomic mass is 10.0. The van der Waals surface area contributed by atoms with Crippen molar-refractivity contribution >= 4 is 5.97 Å². The van der Waals surface area contributed by atoms with Crippen LogP contribution in [0.4, 0.5) is 0 Å². The van der Waals surface area contributed by atoms with Gasteiger partial charge >= 0.3 is 5.97 Å². The fraction of sp³-hybridized carbons (Fsp3) is 0.444. The Bertz CT molecular complexity index is 357. The molecule has 1 fully saturated rings. The van der Waals surface area contributed by atoms with E-state index in [0.29, 0.717) is 24.4 Å². The summed E-state index contributed by atoms with van der Waals surface area (Å²) >= 11 is 0. The second-order valence-electron chi connectivity index (χ2n) is 3.33. The Morgan fingerprint density at radius 1 is 1.50 bits per heavy atom. The summed E-state index contributed by atoms with van der Waals surface area (Å²) in [7, 11) is 1.49. The summed E-state index contributed by atoms with van der Waals surface area (Å²) in [6, 6.07) is 0. The van der Waals surface area contributed by atoms with Crippen LogP contribution in [0, 0.1) is 0 Å². The van der Waals surface area contributed by atoms with Crippen molar-refractivity contribution in [2.75, 3.05) is 7.11 Å². The van der Waals surface area contributed by atoms with E-state index < -0.39 is 11.4 Å². The molecule has 74 valence electrons. The number of methoxy groups -OCH3 is 1. The lowest BCUT2D eigenvalue weighted by Crippen LogP contribution is -2.21. The second kappa shape index (κ2) is 2.94. The number of hydrogen-bond donors (Lipinski definition) is 1. The van der Waals surface area contributed by atoms with Gasteiger partial charge in [0, 0.05) is 0 Å². The summed E-state index contributed by atoms with van der Waals surface area (Å²) < 4.78 is 4.84. The van der Waals surface area contributed by atoms with Gasteiger partial charge in [0.2, 0.25) is 5.88 Å². The van der Waals surface area contributed by atoms with Crippen molar-refractivity contribution < 1.29 is 14.6 Å². The molecule has 0 aromatic carbocycles. The topological polar surface area (TPSA) is 72.3 Å². The maximum Gasteiger partial charge on any atom is 0.315 e. The summed E-state index contributed by atoms with van der Waals surface area (Å²) in [4.78, 5) is 18.9. The third kappa shape index (κ3) is 1.21. The van der Waals surface area contributed by atoms with Crippen molar-refractivity contribution in [2.24, 2.45) is 0 Å². The van der Waals surface area contributed by atoms with Crippen molar-refractivity contribution in [1.29, 1.82) is 0 Å². The second-order valence-corrected chi connectivity index (χ2v) is 3.33. The summed E-state index contributed by atoms with van der Waals surface area (Å²) in [5, 5.41) is 8.98. The van der Waals surface area contributed by atoms with E-state index in [1.165, 1.54) is 19.5 Å². The van der Waals surface area contributed by atoms with Crippen LogP contribution >= 0.6 is 0 Å². The molecule has 1 N–H and O–H groups in total. The molecule has 2 rings (SSSR count). The zero-order valence-electron chi connectivity index (χ0n) is 7.73. The molecule has 14 heavy (non-hydrogen) atoms. The first-order chi connectivity index (χ1) is 6.69. The van der Waals surface area contributed by atoms with Crippen molar-refractivity contribution in [3.63, 3.8) is 0 Å². The van der Waals surface area contributed by atoms with Gasteiger partial charge in [-0.15, -0.1) is 0 Å². The van der Waals surface area contributed by atoms with Gasteiger partial charge in [-0.25, -0.2) is 4.98 Å². The van der Waals surface area contributed by atoms with E-state index in [2.05, 4.69) is 9.97 Å². The van der Waals surface area contributed by atoms with Crippen LogP contribution in [0.15, 0.2) is 12.4 Å². The summed E-state index contributed by atoms with van der Waals surface area (Å²) in [5.41, 5.74) is -0.259. The molecule has 0 spiro atoms. The zero-order chi connectivity index (χ0) is 10.2. The van der Waals surface area contributed by atoms with E-state index in [9.17, 15) is 4.79 Å². The van der Waals surface area contributed by atoms with E-state index in [4.69, 9.17) is 9.84 Å². The SMILES string of the molecule is COc1cnc(C2(C(=O)O)CC2)cn1. The lowest BCUT2D eigenvalue weighted by molar-refractivity contribution is -0.140. The van der Waals surface area contributed by atoms with Crippen molar-refractivity contribution in [2.45, 2.75) is 18.3 Å². The van der Waals surface area contributed by atoms with E-state index >= 15 is 0 Å². The number of aliphatic carboxylic acids is 1. The van der Waals surface area contributed by atoms with E-state index in [1.807, 2.05) is 0 Å². The van der Waals surface area contributed by atoms with Crippen molar-refractivity contribution in [1.82, 2.24) is 9.97 Å². The number of carbonyl (C=O) groups is 1. The Morgan fingerprint density at radius 3 is 2.57 bits per heavy atom. The third-order valence-electron chi connectivity index (χ3n) is 2.49. The monoisotopic (exact) mass is 194 g/mol. The first kappa shape index (κ1) is 8.93. The van der Waals surface area contributed by atoms with Crippen LogP contribution in [-0.4, -0.2) is 28.2 Å². The van der Waals surface area contributed by atoms with Crippen molar-refractivity contribution in [3.8, 4) is 5.88 Å². The van der Waals surface area contributed by atoms with Crippen LogP contribution < -0.4 is 4.74 Å². The van der Waals surface area contributed by atoms with Gasteiger partial charge in [0.15, 0.2) is 0 Å². The molecule has 0 amide bonds. The van der Waals surface area contributed by atoms with Crippen LogP contribution in [0.1, 0.15) is 18.5 Å². The summed E-state index contributed by atoms with van der Waals surface area (Å²) in [6.07, 6.45) is 4.20. The first-order valence-corrected chi connectivity index (χ1v) is 4.29. The molecule has 0 aliphatic heterocycles. The summed E-state index contributed by atoms with van der Waals surface area (Å²) in [5.74, 6) is -0.424. The van der Waals surface area contributed by atoms with Gasteiger partial charge in [0.25, 0.3) is 0 Å². The molecule has 1 aromatic rings. The molecule has 1 saturated carbocycles. The van der Waals surface area contributed by atoms with Gasteiger partial charge in [-0.05, 0) is 12.8 Å². The quantitative estimate of drug-likeness (QED) is 0.762. The minimum absolute atomic E-state index is 0.398. The Labute approximate surface area is 80.8 Å². The molecule has 0 atom stereocenters. The highest BCUT2D eigenvalue weighted by Gasteiger charge is 2.53. The minimum atomic E-state index is -0.822. The molecule has 0 bridgehead atoms. The van der Waals surface area contributed by atoms with E-state index in [0.717, 1.165) is 0 Å². The van der Waals surface area contributed by atoms with Crippen LogP contribution in [-0.2, 0) is 10.2 Å². The number of ether oxygens (including phenoxy) is 1. The fourth-order valence-electron chi connectivity index (χ4n) is 1.37. The molecule has 1 heterocycles. The number of carboxylic acid groups (broad SMARTS) is 1. The molecule has 5 heteroatoms.